The molecule has 0 rings (SSSR count). The van der Waals surface area contributed by atoms with Gasteiger partial charge in [-0.25, -0.2) is 0 Å². The van der Waals surface area contributed by atoms with Crippen molar-refractivity contribution in [3.05, 3.63) is 12.7 Å². The first-order valence-corrected chi connectivity index (χ1v) is 4.91. The van der Waals surface area contributed by atoms with E-state index in [0.717, 1.165) is 11.8 Å². The van der Waals surface area contributed by atoms with Gasteiger partial charge in [-0.1, -0.05) is 6.08 Å². The van der Waals surface area contributed by atoms with Crippen molar-refractivity contribution in [3.8, 4) is 0 Å². The number of rotatable bonds is 8. The maximum Gasteiger partial charge on any atom is 0.313 e. The molecule has 0 aromatic heterocycles. The minimum atomic E-state index is -0.920. The fourth-order valence-electron chi connectivity index (χ4n) is 0.602. The monoisotopic (exact) mass is 206 g/mol. The third-order valence-electron chi connectivity index (χ3n) is 1.14. The Morgan fingerprint density at radius 3 is 2.92 bits per heavy atom. The number of aliphatic hydroxyl groups is 1. The van der Waals surface area contributed by atoms with E-state index in [2.05, 4.69) is 6.58 Å². The minimum Gasteiger partial charge on any atom is -0.481 e. The maximum atomic E-state index is 10.1. The lowest BCUT2D eigenvalue weighted by Crippen LogP contribution is -2.10. The highest BCUT2D eigenvalue weighted by Gasteiger charge is 2.06. The standard InChI is InChI=1S/C8H14O4S/c1-2-4-12-5-3-8(11)13-6-7(9)10/h2,8,11H,1,3-6H2,(H,9,10). The average molecular weight is 206 g/mol. The van der Waals surface area contributed by atoms with E-state index in [0.29, 0.717) is 19.6 Å². The minimum absolute atomic E-state index is 0.0807. The van der Waals surface area contributed by atoms with Crippen LogP contribution in [-0.4, -0.2) is 40.6 Å². The maximum absolute atomic E-state index is 10.1. The fraction of sp³-hybridized carbons (Fsp3) is 0.625. The molecule has 2 N–H and O–H groups in total. The summed E-state index contributed by atoms with van der Waals surface area (Å²) < 4.78 is 5.02. The molecule has 5 heteroatoms. The highest BCUT2D eigenvalue weighted by atomic mass is 32.2. The Labute approximate surface area is 81.6 Å². The molecule has 0 aliphatic rings. The molecule has 0 fully saturated rings. The van der Waals surface area contributed by atoms with Gasteiger partial charge in [0.1, 0.15) is 5.44 Å². The lowest BCUT2D eigenvalue weighted by atomic mass is 10.5. The molecule has 1 atom stereocenters. The summed E-state index contributed by atoms with van der Waals surface area (Å²) in [7, 11) is 0. The highest BCUT2D eigenvalue weighted by molar-refractivity contribution is 8.00. The zero-order valence-corrected chi connectivity index (χ0v) is 8.13. The topological polar surface area (TPSA) is 66.8 Å². The van der Waals surface area contributed by atoms with Crippen LogP contribution in [0.5, 0.6) is 0 Å². The highest BCUT2D eigenvalue weighted by Crippen LogP contribution is 2.10. The molecule has 0 saturated carbocycles. The van der Waals surface area contributed by atoms with Crippen LogP contribution in [0.1, 0.15) is 6.42 Å². The molecule has 76 valence electrons. The molecule has 4 nitrogen and oxygen atoms in total. The van der Waals surface area contributed by atoms with Crippen molar-refractivity contribution >= 4 is 17.7 Å². The van der Waals surface area contributed by atoms with Crippen molar-refractivity contribution in [2.24, 2.45) is 0 Å². The Kier molecular flexibility index (Phi) is 7.77. The van der Waals surface area contributed by atoms with E-state index in [4.69, 9.17) is 9.84 Å². The van der Waals surface area contributed by atoms with E-state index in [1.165, 1.54) is 0 Å². The lowest BCUT2D eigenvalue weighted by molar-refractivity contribution is -0.133. The van der Waals surface area contributed by atoms with Crippen molar-refractivity contribution in [1.29, 1.82) is 0 Å². The van der Waals surface area contributed by atoms with Crippen LogP contribution in [0.2, 0.25) is 0 Å². The molecule has 0 aromatic rings. The predicted octanol–water partition coefficient (Wildman–Crippen LogP) is 0.715. The number of carboxylic acid groups (broad SMARTS) is 1. The zero-order valence-electron chi connectivity index (χ0n) is 7.31. The van der Waals surface area contributed by atoms with Crippen molar-refractivity contribution in [2.45, 2.75) is 11.9 Å². The smallest absolute Gasteiger partial charge is 0.313 e. The molecular weight excluding hydrogens is 192 g/mol. The molecule has 1 unspecified atom stereocenters. The van der Waals surface area contributed by atoms with E-state index in [1.54, 1.807) is 6.08 Å². The van der Waals surface area contributed by atoms with E-state index >= 15 is 0 Å². The van der Waals surface area contributed by atoms with Crippen LogP contribution in [0.3, 0.4) is 0 Å². The lowest BCUT2D eigenvalue weighted by Gasteiger charge is -2.07. The van der Waals surface area contributed by atoms with Crippen molar-refractivity contribution < 1.29 is 19.7 Å². The average Bonchev–Trinajstić information content (AvgIpc) is 2.09. The Hall–Kier alpha value is -0.520. The molecule has 0 aliphatic heterocycles. The quantitative estimate of drug-likeness (QED) is 0.348. The SMILES string of the molecule is C=CCOCCC(O)SCC(=O)O. The molecular formula is C8H14O4S. The second-order valence-electron chi connectivity index (χ2n) is 2.31. The van der Waals surface area contributed by atoms with Gasteiger partial charge in [-0.15, -0.1) is 18.3 Å². The summed E-state index contributed by atoms with van der Waals surface area (Å²) in [6, 6.07) is 0. The first-order valence-electron chi connectivity index (χ1n) is 3.87. The Morgan fingerprint density at radius 2 is 2.38 bits per heavy atom. The molecule has 13 heavy (non-hydrogen) atoms. The number of aliphatic hydroxyl groups excluding tert-OH is 1. The largest absolute Gasteiger partial charge is 0.481 e. The summed E-state index contributed by atoms with van der Waals surface area (Å²) in [5.74, 6) is -1.00. The van der Waals surface area contributed by atoms with Gasteiger partial charge in [-0.3, -0.25) is 4.79 Å². The summed E-state index contributed by atoms with van der Waals surface area (Å²) in [4.78, 5) is 10.1. The van der Waals surface area contributed by atoms with Crippen molar-refractivity contribution in [1.82, 2.24) is 0 Å². The fourth-order valence-corrected chi connectivity index (χ4v) is 1.20. The van der Waals surface area contributed by atoms with Gasteiger partial charge in [0.15, 0.2) is 0 Å². The molecule has 0 bridgehead atoms. The molecule has 0 radical (unpaired) electrons. The summed E-state index contributed by atoms with van der Waals surface area (Å²) >= 11 is 0.993. The summed E-state index contributed by atoms with van der Waals surface area (Å²) in [5.41, 5.74) is -0.666. The van der Waals surface area contributed by atoms with Gasteiger partial charge >= 0.3 is 5.97 Å². The third-order valence-corrected chi connectivity index (χ3v) is 2.18. The zero-order chi connectivity index (χ0) is 10.1. The third kappa shape index (κ3) is 9.39. The summed E-state index contributed by atoms with van der Waals surface area (Å²) in [6.07, 6.45) is 2.06. The van der Waals surface area contributed by atoms with E-state index in [9.17, 15) is 9.90 Å². The van der Waals surface area contributed by atoms with Crippen LogP contribution in [-0.2, 0) is 9.53 Å². The number of carbonyl (C=O) groups is 1. The summed E-state index contributed by atoms with van der Waals surface area (Å²) in [6.45, 7) is 4.34. The van der Waals surface area contributed by atoms with Crippen LogP contribution in [0.4, 0.5) is 0 Å². The van der Waals surface area contributed by atoms with E-state index < -0.39 is 11.4 Å². The van der Waals surface area contributed by atoms with Crippen LogP contribution in [0.25, 0.3) is 0 Å². The molecule has 0 aromatic carbocycles. The number of hydrogen-bond acceptors (Lipinski definition) is 4. The Balaban J connectivity index is 3.24. The van der Waals surface area contributed by atoms with Gasteiger partial charge in [-0.05, 0) is 0 Å². The number of ether oxygens (including phenoxy) is 1. The van der Waals surface area contributed by atoms with Gasteiger partial charge < -0.3 is 14.9 Å². The summed E-state index contributed by atoms with van der Waals surface area (Å²) in [5, 5.41) is 17.5. The molecule has 0 aliphatic carbocycles. The van der Waals surface area contributed by atoms with Crippen LogP contribution < -0.4 is 0 Å². The van der Waals surface area contributed by atoms with Gasteiger partial charge in [-0.2, -0.15) is 0 Å². The van der Waals surface area contributed by atoms with Gasteiger partial charge in [0.2, 0.25) is 0 Å². The normalized spacial score (nSPS) is 12.4. The van der Waals surface area contributed by atoms with Crippen molar-refractivity contribution in [3.63, 3.8) is 0 Å². The number of aliphatic carboxylic acids is 1. The Bertz CT molecular complexity index is 160. The van der Waals surface area contributed by atoms with E-state index in [-0.39, 0.29) is 5.75 Å². The van der Waals surface area contributed by atoms with Crippen LogP contribution in [0, 0.1) is 0 Å². The second-order valence-corrected chi connectivity index (χ2v) is 3.48. The van der Waals surface area contributed by atoms with E-state index in [1.807, 2.05) is 0 Å². The Morgan fingerprint density at radius 1 is 1.69 bits per heavy atom. The second kappa shape index (κ2) is 8.10. The van der Waals surface area contributed by atoms with Gasteiger partial charge in [0.25, 0.3) is 0 Å². The van der Waals surface area contributed by atoms with Crippen molar-refractivity contribution in [2.75, 3.05) is 19.0 Å². The number of carboxylic acids is 1. The molecule has 0 heterocycles. The molecule has 0 spiro atoms. The first-order chi connectivity index (χ1) is 6.16. The number of hydrogen-bond donors (Lipinski definition) is 2. The van der Waals surface area contributed by atoms with Gasteiger partial charge in [0.05, 0.1) is 19.0 Å². The molecule has 0 amide bonds. The van der Waals surface area contributed by atoms with Crippen LogP contribution >= 0.6 is 11.8 Å². The van der Waals surface area contributed by atoms with Gasteiger partial charge in [0, 0.05) is 6.42 Å². The van der Waals surface area contributed by atoms with Crippen LogP contribution in [0.15, 0.2) is 12.7 Å². The molecule has 0 saturated heterocycles. The predicted molar refractivity (Wildman–Crippen MR) is 51.7 cm³/mol. The number of thioether (sulfide) groups is 1. The first kappa shape index (κ1) is 12.5.